The van der Waals surface area contributed by atoms with Crippen molar-refractivity contribution in [3.63, 3.8) is 0 Å². The van der Waals surface area contributed by atoms with E-state index in [4.69, 9.17) is 33.0 Å². The van der Waals surface area contributed by atoms with Crippen molar-refractivity contribution in [1.29, 1.82) is 0 Å². The molecule has 0 heterocycles. The van der Waals surface area contributed by atoms with E-state index >= 15 is 0 Å². The molecule has 0 fully saturated rings. The highest BCUT2D eigenvalue weighted by molar-refractivity contribution is 9.10. The lowest BCUT2D eigenvalue weighted by Gasteiger charge is -2.23. The van der Waals surface area contributed by atoms with Crippen LogP contribution in [0.3, 0.4) is 0 Å². The van der Waals surface area contributed by atoms with Crippen LogP contribution in [0.1, 0.15) is 13.8 Å². The molecule has 0 aromatic heterocycles. The van der Waals surface area contributed by atoms with E-state index in [1.807, 2.05) is 0 Å². The molecule has 1 aromatic carbocycles. The highest BCUT2D eigenvalue weighted by Gasteiger charge is 2.31. The van der Waals surface area contributed by atoms with Crippen molar-refractivity contribution < 1.29 is 14.6 Å². The molecule has 0 bridgehead atoms. The molecule has 1 rings (SSSR count). The van der Waals surface area contributed by atoms with E-state index in [1.54, 1.807) is 12.1 Å². The van der Waals surface area contributed by atoms with Gasteiger partial charge in [-0.2, -0.15) is 0 Å². The highest BCUT2D eigenvalue weighted by Crippen LogP contribution is 2.37. The third-order valence-electron chi connectivity index (χ3n) is 1.84. The molecule has 88 valence electrons. The van der Waals surface area contributed by atoms with Gasteiger partial charge in [0, 0.05) is 4.47 Å². The molecule has 16 heavy (non-hydrogen) atoms. The van der Waals surface area contributed by atoms with E-state index in [-0.39, 0.29) is 15.8 Å². The monoisotopic (exact) mass is 326 g/mol. The molecule has 6 heteroatoms. The molecule has 0 atom stereocenters. The summed E-state index contributed by atoms with van der Waals surface area (Å²) in [4.78, 5) is 10.9. The first-order valence-corrected chi connectivity index (χ1v) is 5.86. The Hall–Kier alpha value is -0.450. The van der Waals surface area contributed by atoms with Gasteiger partial charge in [0.15, 0.2) is 11.4 Å². The van der Waals surface area contributed by atoms with Gasteiger partial charge in [0.05, 0.1) is 10.0 Å². The van der Waals surface area contributed by atoms with Crippen LogP contribution in [0.5, 0.6) is 5.75 Å². The molecule has 0 radical (unpaired) electrons. The first-order valence-electron chi connectivity index (χ1n) is 4.31. The topological polar surface area (TPSA) is 46.5 Å². The fraction of sp³-hybridized carbons (Fsp3) is 0.300. The van der Waals surface area contributed by atoms with E-state index in [2.05, 4.69) is 15.9 Å². The van der Waals surface area contributed by atoms with Crippen LogP contribution < -0.4 is 4.74 Å². The Morgan fingerprint density at radius 3 is 2.19 bits per heavy atom. The number of rotatable bonds is 3. The highest BCUT2D eigenvalue weighted by atomic mass is 79.9. The summed E-state index contributed by atoms with van der Waals surface area (Å²) in [6.07, 6.45) is 0. The standard InChI is InChI=1S/C10H9BrCl2O3/c1-10(2,9(14)15)16-8-6(12)3-5(11)4-7(8)13/h3-4H,1-2H3,(H,14,15). The molecule has 0 spiro atoms. The number of carboxylic acid groups (broad SMARTS) is 1. The zero-order valence-corrected chi connectivity index (χ0v) is 11.7. The van der Waals surface area contributed by atoms with Gasteiger partial charge in [0.1, 0.15) is 0 Å². The molecule has 0 aliphatic rings. The lowest BCUT2D eigenvalue weighted by Crippen LogP contribution is -2.38. The van der Waals surface area contributed by atoms with Crippen LogP contribution >= 0.6 is 39.1 Å². The van der Waals surface area contributed by atoms with Gasteiger partial charge in [-0.3, -0.25) is 0 Å². The average Bonchev–Trinajstić information content (AvgIpc) is 2.11. The summed E-state index contributed by atoms with van der Waals surface area (Å²) in [5.74, 6) is -0.929. The maximum Gasteiger partial charge on any atom is 0.347 e. The van der Waals surface area contributed by atoms with Gasteiger partial charge in [0.25, 0.3) is 0 Å². The zero-order chi connectivity index (χ0) is 12.5. The lowest BCUT2D eigenvalue weighted by molar-refractivity contribution is -0.152. The summed E-state index contributed by atoms with van der Waals surface area (Å²) >= 11 is 15.0. The lowest BCUT2D eigenvalue weighted by atomic mass is 10.1. The number of carboxylic acids is 1. The largest absolute Gasteiger partial charge is 0.478 e. The van der Waals surface area contributed by atoms with Crippen LogP contribution in [0, 0.1) is 0 Å². The summed E-state index contributed by atoms with van der Waals surface area (Å²) in [7, 11) is 0. The molecular weight excluding hydrogens is 319 g/mol. The molecule has 0 unspecified atom stereocenters. The van der Waals surface area contributed by atoms with E-state index in [0.717, 1.165) is 0 Å². The van der Waals surface area contributed by atoms with Gasteiger partial charge in [-0.05, 0) is 26.0 Å². The number of carbonyl (C=O) groups is 1. The second-order valence-corrected chi connectivity index (χ2v) is 5.35. The van der Waals surface area contributed by atoms with Gasteiger partial charge in [0.2, 0.25) is 0 Å². The van der Waals surface area contributed by atoms with Crippen molar-refractivity contribution in [2.45, 2.75) is 19.4 Å². The summed E-state index contributed by atoms with van der Waals surface area (Å²) in [5.41, 5.74) is -1.39. The second kappa shape index (κ2) is 4.82. The van der Waals surface area contributed by atoms with Crippen LogP contribution in [0.15, 0.2) is 16.6 Å². The Labute approximate surface area is 111 Å². The van der Waals surface area contributed by atoms with Crippen molar-refractivity contribution in [3.8, 4) is 5.75 Å². The first-order chi connectivity index (χ1) is 7.24. The number of aliphatic carboxylic acids is 1. The minimum atomic E-state index is -1.39. The Morgan fingerprint density at radius 2 is 1.81 bits per heavy atom. The van der Waals surface area contributed by atoms with E-state index in [1.165, 1.54) is 13.8 Å². The van der Waals surface area contributed by atoms with Crippen LogP contribution in [-0.4, -0.2) is 16.7 Å². The van der Waals surface area contributed by atoms with Gasteiger partial charge >= 0.3 is 5.97 Å². The van der Waals surface area contributed by atoms with Gasteiger partial charge in [-0.1, -0.05) is 39.1 Å². The van der Waals surface area contributed by atoms with Crippen LogP contribution in [0.25, 0.3) is 0 Å². The van der Waals surface area contributed by atoms with E-state index in [0.29, 0.717) is 4.47 Å². The molecule has 1 N–H and O–H groups in total. The normalized spacial score (nSPS) is 11.3. The van der Waals surface area contributed by atoms with Gasteiger partial charge in [-0.25, -0.2) is 4.79 Å². The fourth-order valence-electron chi connectivity index (χ4n) is 0.925. The molecule has 0 saturated heterocycles. The number of halogens is 3. The summed E-state index contributed by atoms with van der Waals surface area (Å²) in [6.45, 7) is 2.84. The number of ether oxygens (including phenoxy) is 1. The van der Waals surface area contributed by atoms with Crippen molar-refractivity contribution in [1.82, 2.24) is 0 Å². The molecular formula is C10H9BrCl2O3. The quantitative estimate of drug-likeness (QED) is 0.912. The summed E-state index contributed by atoms with van der Waals surface area (Å²) in [5, 5.41) is 9.43. The van der Waals surface area contributed by atoms with Gasteiger partial charge < -0.3 is 9.84 Å². The fourth-order valence-corrected chi connectivity index (χ4v) is 2.21. The Morgan fingerprint density at radius 1 is 1.38 bits per heavy atom. The van der Waals surface area contributed by atoms with Crippen molar-refractivity contribution >= 4 is 45.1 Å². The average molecular weight is 328 g/mol. The molecule has 1 aromatic rings. The molecule has 0 amide bonds. The predicted octanol–water partition coefficient (Wildman–Crippen LogP) is 4.00. The van der Waals surface area contributed by atoms with Gasteiger partial charge in [-0.15, -0.1) is 0 Å². The van der Waals surface area contributed by atoms with Crippen molar-refractivity contribution in [2.75, 3.05) is 0 Å². The number of benzene rings is 1. The smallest absolute Gasteiger partial charge is 0.347 e. The minimum Gasteiger partial charge on any atom is -0.478 e. The molecule has 3 nitrogen and oxygen atoms in total. The second-order valence-electron chi connectivity index (χ2n) is 3.62. The van der Waals surface area contributed by atoms with Crippen molar-refractivity contribution in [3.05, 3.63) is 26.7 Å². The summed E-state index contributed by atoms with van der Waals surface area (Å²) in [6, 6.07) is 3.17. The Balaban J connectivity index is 3.11. The molecule has 0 aliphatic carbocycles. The maximum atomic E-state index is 10.9. The number of hydrogen-bond acceptors (Lipinski definition) is 2. The Kier molecular flexibility index (Phi) is 4.10. The number of hydrogen-bond donors (Lipinski definition) is 1. The van der Waals surface area contributed by atoms with E-state index in [9.17, 15) is 4.79 Å². The molecule has 0 aliphatic heterocycles. The SMILES string of the molecule is CC(C)(Oc1c(Cl)cc(Br)cc1Cl)C(=O)O. The third kappa shape index (κ3) is 3.03. The maximum absolute atomic E-state index is 10.9. The first kappa shape index (κ1) is 13.6. The van der Waals surface area contributed by atoms with Crippen LogP contribution in [0.4, 0.5) is 0 Å². The van der Waals surface area contributed by atoms with Crippen LogP contribution in [0.2, 0.25) is 10.0 Å². The molecule has 0 saturated carbocycles. The predicted molar refractivity (Wildman–Crippen MR) is 66.5 cm³/mol. The summed E-state index contributed by atoms with van der Waals surface area (Å²) < 4.78 is 5.99. The zero-order valence-electron chi connectivity index (χ0n) is 8.55. The van der Waals surface area contributed by atoms with Crippen LogP contribution in [-0.2, 0) is 4.79 Å². The van der Waals surface area contributed by atoms with E-state index < -0.39 is 11.6 Å². The van der Waals surface area contributed by atoms with Crippen molar-refractivity contribution in [2.24, 2.45) is 0 Å². The Bertz CT molecular complexity index is 409. The third-order valence-corrected chi connectivity index (χ3v) is 2.85. The minimum absolute atomic E-state index is 0.166.